The second kappa shape index (κ2) is 4.38. The Morgan fingerprint density at radius 2 is 2.00 bits per heavy atom. The van der Waals surface area contributed by atoms with E-state index in [1.54, 1.807) is 0 Å². The maximum absolute atomic E-state index is 6.87. The molecule has 0 aromatic heterocycles. The largest absolute Gasteiger partial charge is 0.369 e. The number of nitrogens with one attached hydrogen (secondary N) is 1. The molecule has 1 aromatic rings. The second-order valence-electron chi connectivity index (χ2n) is 2.50. The molecule has 0 amide bonds. The number of nitrogens with two attached hydrogens (primary N) is 1. The third-order valence-electron chi connectivity index (χ3n) is 1.53. The average Bonchev–Trinajstić information content (AvgIpc) is 2.05. The van der Waals surface area contributed by atoms with Gasteiger partial charge in [-0.3, -0.25) is 10.7 Å². The third-order valence-corrected chi connectivity index (χ3v) is 1.53. The van der Waals surface area contributed by atoms with Crippen molar-refractivity contribution in [3.8, 4) is 0 Å². The maximum atomic E-state index is 6.87. The quantitative estimate of drug-likeness (QED) is 0.499. The highest BCUT2D eigenvalue weighted by molar-refractivity contribution is 5.73. The molecule has 0 aliphatic carbocycles. The van der Waals surface area contributed by atoms with Crippen molar-refractivity contribution in [2.24, 2.45) is 5.73 Å². The number of hydrogen-bond acceptors (Lipinski definition) is 1. The van der Waals surface area contributed by atoms with Crippen molar-refractivity contribution < 1.29 is 0 Å². The van der Waals surface area contributed by atoms with Crippen LogP contribution >= 0.6 is 0 Å². The minimum atomic E-state index is -0.0917. The van der Waals surface area contributed by atoms with Gasteiger partial charge in [-0.05, 0) is 12.0 Å². The van der Waals surface area contributed by atoms with Gasteiger partial charge in [0.05, 0.1) is 0 Å². The summed E-state index contributed by atoms with van der Waals surface area (Å²) in [6.45, 7) is 0.597. The van der Waals surface area contributed by atoms with E-state index in [4.69, 9.17) is 11.1 Å². The zero-order valence-corrected chi connectivity index (χ0v) is 6.83. The summed E-state index contributed by atoms with van der Waals surface area (Å²) in [6, 6.07) is 10.0. The first-order chi connectivity index (χ1) is 5.79. The van der Waals surface area contributed by atoms with Gasteiger partial charge in [-0.1, -0.05) is 30.3 Å². The van der Waals surface area contributed by atoms with Gasteiger partial charge in [-0.25, -0.2) is 0 Å². The molecule has 1 rings (SSSR count). The molecule has 12 heavy (non-hydrogen) atoms. The number of nitrogens with zero attached hydrogens (tertiary/aromatic N) is 1. The van der Waals surface area contributed by atoms with Crippen molar-refractivity contribution in [1.82, 2.24) is 5.32 Å². The molecular formula is C9H12N3. The predicted molar refractivity (Wildman–Crippen MR) is 49.1 cm³/mol. The molecule has 0 spiro atoms. The van der Waals surface area contributed by atoms with E-state index in [2.05, 4.69) is 5.32 Å². The van der Waals surface area contributed by atoms with Gasteiger partial charge in [0.1, 0.15) is 0 Å². The molecule has 1 aromatic carbocycles. The highest BCUT2D eigenvalue weighted by Gasteiger charge is 1.92. The number of rotatable bonds is 3. The molecule has 0 saturated heterocycles. The predicted octanol–water partition coefficient (Wildman–Crippen LogP) is 0.727. The van der Waals surface area contributed by atoms with Crippen LogP contribution in [0.2, 0.25) is 0 Å². The summed E-state index contributed by atoms with van der Waals surface area (Å²) in [5.74, 6) is -0.0917. The van der Waals surface area contributed by atoms with E-state index in [1.165, 1.54) is 5.56 Å². The van der Waals surface area contributed by atoms with Crippen LogP contribution in [-0.4, -0.2) is 12.5 Å². The fraction of sp³-hybridized carbons (Fsp3) is 0.222. The van der Waals surface area contributed by atoms with Crippen LogP contribution in [0.5, 0.6) is 0 Å². The average molecular weight is 162 g/mol. The Morgan fingerprint density at radius 1 is 1.33 bits per heavy atom. The molecule has 0 aliphatic rings. The van der Waals surface area contributed by atoms with Crippen LogP contribution in [0, 0.1) is 5.41 Å². The first-order valence-electron chi connectivity index (χ1n) is 3.84. The van der Waals surface area contributed by atoms with Crippen LogP contribution in [0.3, 0.4) is 0 Å². The number of benzene rings is 1. The summed E-state index contributed by atoms with van der Waals surface area (Å²) >= 11 is 0. The lowest BCUT2D eigenvalue weighted by atomic mass is 10.1. The summed E-state index contributed by atoms with van der Waals surface area (Å²) < 4.78 is 0. The van der Waals surface area contributed by atoms with Crippen LogP contribution in [0.15, 0.2) is 30.3 Å². The summed E-state index contributed by atoms with van der Waals surface area (Å²) in [5, 5.41) is 10.7. The van der Waals surface area contributed by atoms with E-state index in [1.807, 2.05) is 30.3 Å². The molecule has 0 bridgehead atoms. The molecule has 3 nitrogen and oxygen atoms in total. The molecule has 0 unspecified atom stereocenters. The van der Waals surface area contributed by atoms with Crippen LogP contribution < -0.4 is 11.1 Å². The molecular weight excluding hydrogens is 150 g/mol. The van der Waals surface area contributed by atoms with Gasteiger partial charge in [0.25, 0.3) is 0 Å². The smallest absolute Gasteiger partial charge is 0.207 e. The molecule has 0 heterocycles. The first-order valence-corrected chi connectivity index (χ1v) is 3.84. The molecule has 63 valence electrons. The van der Waals surface area contributed by atoms with E-state index in [9.17, 15) is 0 Å². The van der Waals surface area contributed by atoms with Crippen LogP contribution in [0.4, 0.5) is 0 Å². The molecule has 1 radical (unpaired) electrons. The minimum absolute atomic E-state index is 0.0917. The van der Waals surface area contributed by atoms with Gasteiger partial charge in [0.2, 0.25) is 5.96 Å². The summed E-state index contributed by atoms with van der Waals surface area (Å²) in [6.07, 6.45) is 0.848. The zero-order valence-electron chi connectivity index (χ0n) is 6.83. The second-order valence-corrected chi connectivity index (χ2v) is 2.50. The lowest BCUT2D eigenvalue weighted by Crippen LogP contribution is -2.25. The Balaban J connectivity index is 2.29. The van der Waals surface area contributed by atoms with E-state index in [-0.39, 0.29) is 5.96 Å². The molecule has 3 N–H and O–H groups in total. The van der Waals surface area contributed by atoms with Gasteiger partial charge < -0.3 is 5.73 Å². The van der Waals surface area contributed by atoms with E-state index in [0.717, 1.165) is 6.42 Å². The molecule has 0 fully saturated rings. The van der Waals surface area contributed by atoms with Crippen molar-refractivity contribution in [2.75, 3.05) is 6.54 Å². The van der Waals surface area contributed by atoms with Crippen molar-refractivity contribution in [1.29, 1.82) is 5.41 Å². The van der Waals surface area contributed by atoms with Gasteiger partial charge in [-0.2, -0.15) is 0 Å². The summed E-state index contributed by atoms with van der Waals surface area (Å²) in [5.41, 5.74) is 6.30. The Labute approximate surface area is 72.1 Å². The summed E-state index contributed by atoms with van der Waals surface area (Å²) in [7, 11) is 0. The van der Waals surface area contributed by atoms with Crippen LogP contribution in [0.1, 0.15) is 5.56 Å². The monoisotopic (exact) mass is 162 g/mol. The van der Waals surface area contributed by atoms with Gasteiger partial charge in [0, 0.05) is 6.54 Å². The number of guanidine groups is 1. The lowest BCUT2D eigenvalue weighted by molar-refractivity contribution is 0.841. The third kappa shape index (κ3) is 3.05. The lowest BCUT2D eigenvalue weighted by Gasteiger charge is -1.99. The topological polar surface area (TPSA) is 64.0 Å². The van der Waals surface area contributed by atoms with Crippen molar-refractivity contribution in [3.63, 3.8) is 0 Å². The van der Waals surface area contributed by atoms with Gasteiger partial charge in [0.15, 0.2) is 0 Å². The minimum Gasteiger partial charge on any atom is -0.369 e. The highest BCUT2D eigenvalue weighted by Crippen LogP contribution is 1.97. The van der Waals surface area contributed by atoms with Crippen molar-refractivity contribution >= 4 is 5.96 Å². The Kier molecular flexibility index (Phi) is 3.14. The normalized spacial score (nSPS) is 9.33. The SMILES string of the molecule is N=C(N)[N]CCc1ccccc1. The van der Waals surface area contributed by atoms with E-state index >= 15 is 0 Å². The van der Waals surface area contributed by atoms with Crippen LogP contribution in [0.25, 0.3) is 0 Å². The van der Waals surface area contributed by atoms with E-state index < -0.39 is 0 Å². The van der Waals surface area contributed by atoms with Crippen molar-refractivity contribution in [2.45, 2.75) is 6.42 Å². The molecule has 0 saturated carbocycles. The summed E-state index contributed by atoms with van der Waals surface area (Å²) in [4.78, 5) is 0. The molecule has 0 atom stereocenters. The van der Waals surface area contributed by atoms with Crippen molar-refractivity contribution in [3.05, 3.63) is 35.9 Å². The zero-order chi connectivity index (χ0) is 8.81. The van der Waals surface area contributed by atoms with Crippen LogP contribution in [-0.2, 0) is 6.42 Å². The fourth-order valence-corrected chi connectivity index (χ4v) is 0.950. The Morgan fingerprint density at radius 3 is 2.58 bits per heavy atom. The Bertz CT molecular complexity index is 243. The number of hydrogen-bond donors (Lipinski definition) is 2. The maximum Gasteiger partial charge on any atom is 0.207 e. The van der Waals surface area contributed by atoms with Gasteiger partial charge >= 0.3 is 0 Å². The Hall–Kier alpha value is -1.51. The van der Waals surface area contributed by atoms with Gasteiger partial charge in [-0.15, -0.1) is 0 Å². The standard InChI is InChI=1S/C9H12N3/c10-9(11)12-7-6-8-4-2-1-3-5-8/h1-5H,6-7H2,(H3,10,11). The highest BCUT2D eigenvalue weighted by atomic mass is 15.0. The molecule has 0 aliphatic heterocycles. The fourth-order valence-electron chi connectivity index (χ4n) is 0.950. The molecule has 3 heteroatoms. The van der Waals surface area contributed by atoms with E-state index in [0.29, 0.717) is 6.54 Å². The first kappa shape index (κ1) is 8.59.